The normalized spacial score (nSPS) is 17.9. The molecule has 0 aliphatic heterocycles. The summed E-state index contributed by atoms with van der Waals surface area (Å²) in [5, 5.41) is 14.8. The van der Waals surface area contributed by atoms with Crippen molar-refractivity contribution in [2.45, 2.75) is 39.0 Å². The predicted molar refractivity (Wildman–Crippen MR) is 78.8 cm³/mol. The maximum absolute atomic E-state index is 12.6. The molecule has 1 saturated carbocycles. The van der Waals surface area contributed by atoms with Gasteiger partial charge in [0.15, 0.2) is 5.84 Å². The second-order valence-electron chi connectivity index (χ2n) is 5.33. The molecule has 0 unspecified atom stereocenters. The SMILES string of the molecule is CCC1(C(=O)Nc2ccccc2/C(N)=N/O)CCCC1. The number of para-hydroxylation sites is 1. The Labute approximate surface area is 118 Å². The van der Waals surface area contributed by atoms with E-state index in [1.165, 1.54) is 0 Å². The number of nitrogens with one attached hydrogen (secondary N) is 1. The van der Waals surface area contributed by atoms with Crippen molar-refractivity contribution in [3.8, 4) is 0 Å². The third-order valence-electron chi connectivity index (χ3n) is 4.28. The van der Waals surface area contributed by atoms with Crippen molar-refractivity contribution in [1.82, 2.24) is 0 Å². The molecule has 1 amide bonds. The van der Waals surface area contributed by atoms with Gasteiger partial charge in [0.25, 0.3) is 0 Å². The quantitative estimate of drug-likeness (QED) is 0.341. The molecule has 5 heteroatoms. The van der Waals surface area contributed by atoms with Crippen LogP contribution in [0.2, 0.25) is 0 Å². The first-order valence-corrected chi connectivity index (χ1v) is 7.01. The van der Waals surface area contributed by atoms with Crippen molar-refractivity contribution < 1.29 is 10.0 Å². The number of carbonyl (C=O) groups excluding carboxylic acids is 1. The van der Waals surface area contributed by atoms with E-state index >= 15 is 0 Å². The average Bonchev–Trinajstić information content (AvgIpc) is 2.97. The Kier molecular flexibility index (Phi) is 4.27. The number of anilines is 1. The number of amides is 1. The molecular weight excluding hydrogens is 254 g/mol. The van der Waals surface area contributed by atoms with E-state index in [-0.39, 0.29) is 17.2 Å². The van der Waals surface area contributed by atoms with Crippen molar-refractivity contribution in [2.24, 2.45) is 16.3 Å². The molecule has 0 heterocycles. The van der Waals surface area contributed by atoms with Crippen molar-refractivity contribution >= 4 is 17.4 Å². The molecule has 4 N–H and O–H groups in total. The molecular formula is C15H21N3O2. The Morgan fingerprint density at radius 3 is 2.65 bits per heavy atom. The molecule has 1 fully saturated rings. The molecule has 1 aromatic carbocycles. The van der Waals surface area contributed by atoms with Crippen LogP contribution in [0.4, 0.5) is 5.69 Å². The van der Waals surface area contributed by atoms with Crippen LogP contribution < -0.4 is 11.1 Å². The topological polar surface area (TPSA) is 87.7 Å². The van der Waals surface area contributed by atoms with E-state index < -0.39 is 0 Å². The Balaban J connectivity index is 2.24. The molecule has 20 heavy (non-hydrogen) atoms. The molecule has 0 spiro atoms. The first kappa shape index (κ1) is 14.4. The molecule has 0 radical (unpaired) electrons. The van der Waals surface area contributed by atoms with Gasteiger partial charge in [-0.05, 0) is 31.4 Å². The summed E-state index contributed by atoms with van der Waals surface area (Å²) in [4.78, 5) is 12.6. The number of oxime groups is 1. The van der Waals surface area contributed by atoms with Gasteiger partial charge in [-0.2, -0.15) is 0 Å². The zero-order valence-electron chi connectivity index (χ0n) is 11.7. The minimum atomic E-state index is -0.266. The van der Waals surface area contributed by atoms with Gasteiger partial charge in [0.1, 0.15) is 0 Å². The van der Waals surface area contributed by atoms with Crippen LogP contribution in [-0.4, -0.2) is 17.0 Å². The summed E-state index contributed by atoms with van der Waals surface area (Å²) in [6.07, 6.45) is 4.90. The Morgan fingerprint density at radius 1 is 1.40 bits per heavy atom. The minimum absolute atomic E-state index is 0.00197. The lowest BCUT2D eigenvalue weighted by Crippen LogP contribution is -2.34. The van der Waals surface area contributed by atoms with E-state index in [1.807, 2.05) is 6.07 Å². The van der Waals surface area contributed by atoms with Gasteiger partial charge in [-0.1, -0.05) is 37.1 Å². The molecule has 0 bridgehead atoms. The summed E-state index contributed by atoms with van der Waals surface area (Å²) in [6, 6.07) is 7.09. The van der Waals surface area contributed by atoms with Gasteiger partial charge in [-0.25, -0.2) is 0 Å². The van der Waals surface area contributed by atoms with Crippen molar-refractivity contribution in [3.05, 3.63) is 29.8 Å². The Morgan fingerprint density at radius 2 is 2.05 bits per heavy atom. The lowest BCUT2D eigenvalue weighted by molar-refractivity contribution is -0.125. The maximum Gasteiger partial charge on any atom is 0.230 e. The summed E-state index contributed by atoms with van der Waals surface area (Å²) in [5.74, 6) is 0.0357. The highest BCUT2D eigenvalue weighted by Crippen LogP contribution is 2.42. The van der Waals surface area contributed by atoms with Crippen LogP contribution >= 0.6 is 0 Å². The van der Waals surface area contributed by atoms with Gasteiger partial charge in [0, 0.05) is 11.0 Å². The third-order valence-corrected chi connectivity index (χ3v) is 4.28. The summed E-state index contributed by atoms with van der Waals surface area (Å²) in [7, 11) is 0. The van der Waals surface area contributed by atoms with E-state index in [0.717, 1.165) is 32.1 Å². The van der Waals surface area contributed by atoms with E-state index in [0.29, 0.717) is 11.3 Å². The summed E-state index contributed by atoms with van der Waals surface area (Å²) in [6.45, 7) is 2.06. The molecule has 108 valence electrons. The van der Waals surface area contributed by atoms with E-state index in [9.17, 15) is 4.79 Å². The maximum atomic E-state index is 12.6. The van der Waals surface area contributed by atoms with Gasteiger partial charge in [-0.3, -0.25) is 4.79 Å². The minimum Gasteiger partial charge on any atom is -0.409 e. The lowest BCUT2D eigenvalue weighted by atomic mass is 9.82. The second-order valence-corrected chi connectivity index (χ2v) is 5.33. The summed E-state index contributed by atoms with van der Waals surface area (Å²) in [5.41, 5.74) is 6.50. The number of nitrogens with two attached hydrogens (primary N) is 1. The number of hydrogen-bond acceptors (Lipinski definition) is 3. The predicted octanol–water partition coefficient (Wildman–Crippen LogP) is 2.69. The van der Waals surface area contributed by atoms with Crippen molar-refractivity contribution in [3.63, 3.8) is 0 Å². The Bertz CT molecular complexity index is 520. The molecule has 0 atom stereocenters. The summed E-state index contributed by atoms with van der Waals surface area (Å²) >= 11 is 0. The molecule has 0 aromatic heterocycles. The van der Waals surface area contributed by atoms with E-state index in [4.69, 9.17) is 10.9 Å². The molecule has 1 aliphatic rings. The fourth-order valence-corrected chi connectivity index (χ4v) is 2.92. The van der Waals surface area contributed by atoms with Gasteiger partial charge in [0.05, 0.1) is 5.69 Å². The second kappa shape index (κ2) is 5.94. The fraction of sp³-hybridized carbons (Fsp3) is 0.467. The molecule has 5 nitrogen and oxygen atoms in total. The molecule has 1 aliphatic carbocycles. The standard InChI is InChI=1S/C15H21N3O2/c1-2-15(9-5-6-10-15)14(19)17-12-8-4-3-7-11(12)13(16)18-20/h3-4,7-8,20H,2,5-6,9-10H2,1H3,(H2,16,18)(H,17,19). The Hall–Kier alpha value is -2.04. The fourth-order valence-electron chi connectivity index (χ4n) is 2.92. The van der Waals surface area contributed by atoms with Crippen LogP contribution in [0.1, 0.15) is 44.6 Å². The van der Waals surface area contributed by atoms with Crippen LogP contribution in [0, 0.1) is 5.41 Å². The van der Waals surface area contributed by atoms with E-state index in [1.54, 1.807) is 18.2 Å². The monoisotopic (exact) mass is 275 g/mol. The molecule has 0 saturated heterocycles. The lowest BCUT2D eigenvalue weighted by Gasteiger charge is -2.26. The number of rotatable bonds is 4. The smallest absolute Gasteiger partial charge is 0.230 e. The van der Waals surface area contributed by atoms with Gasteiger partial charge < -0.3 is 16.3 Å². The highest BCUT2D eigenvalue weighted by atomic mass is 16.4. The molecule has 1 aromatic rings. The van der Waals surface area contributed by atoms with Crippen LogP contribution in [0.25, 0.3) is 0 Å². The van der Waals surface area contributed by atoms with Gasteiger partial charge >= 0.3 is 0 Å². The highest BCUT2D eigenvalue weighted by Gasteiger charge is 2.39. The number of nitrogens with zero attached hydrogens (tertiary/aromatic N) is 1. The summed E-state index contributed by atoms with van der Waals surface area (Å²) < 4.78 is 0. The van der Waals surface area contributed by atoms with Crippen molar-refractivity contribution in [1.29, 1.82) is 0 Å². The third kappa shape index (κ3) is 2.61. The first-order valence-electron chi connectivity index (χ1n) is 7.01. The average molecular weight is 275 g/mol. The van der Waals surface area contributed by atoms with Gasteiger partial charge in [-0.15, -0.1) is 0 Å². The number of benzene rings is 1. The largest absolute Gasteiger partial charge is 0.409 e. The van der Waals surface area contributed by atoms with Crippen LogP contribution in [-0.2, 0) is 4.79 Å². The van der Waals surface area contributed by atoms with Crippen LogP contribution in [0.3, 0.4) is 0 Å². The van der Waals surface area contributed by atoms with Crippen LogP contribution in [0.5, 0.6) is 0 Å². The van der Waals surface area contributed by atoms with Crippen LogP contribution in [0.15, 0.2) is 29.4 Å². The zero-order chi connectivity index (χ0) is 14.6. The molecule has 2 rings (SSSR count). The number of carbonyl (C=O) groups is 1. The van der Waals surface area contributed by atoms with E-state index in [2.05, 4.69) is 17.4 Å². The number of hydrogen-bond donors (Lipinski definition) is 3. The first-order chi connectivity index (χ1) is 9.63. The highest BCUT2D eigenvalue weighted by molar-refractivity contribution is 6.06. The van der Waals surface area contributed by atoms with Gasteiger partial charge in [0.2, 0.25) is 5.91 Å². The van der Waals surface area contributed by atoms with Crippen molar-refractivity contribution in [2.75, 3.05) is 5.32 Å². The number of amidine groups is 1. The zero-order valence-corrected chi connectivity index (χ0v) is 11.7.